The van der Waals surface area contributed by atoms with Crippen LogP contribution in [0.15, 0.2) is 29.2 Å². The number of hydrogen-bond donors (Lipinski definition) is 2. The first-order chi connectivity index (χ1) is 9.30. The van der Waals surface area contributed by atoms with Crippen LogP contribution in [-0.4, -0.2) is 26.7 Å². The summed E-state index contributed by atoms with van der Waals surface area (Å²) in [6.45, 7) is 4.07. The number of hydrogen-bond acceptors (Lipinski definition) is 4. The van der Waals surface area contributed by atoms with E-state index in [9.17, 15) is 8.42 Å². The molecule has 0 aliphatic carbocycles. The van der Waals surface area contributed by atoms with Crippen LogP contribution in [0.3, 0.4) is 0 Å². The zero-order valence-electron chi connectivity index (χ0n) is 11.8. The smallest absolute Gasteiger partial charge is 0.240 e. The van der Waals surface area contributed by atoms with Crippen molar-refractivity contribution in [3.05, 3.63) is 29.8 Å². The van der Waals surface area contributed by atoms with Gasteiger partial charge in [-0.25, -0.2) is 13.1 Å². The number of sulfonamides is 1. The SMILES string of the molecule is CC(C)(CCO)CNS(=O)(=O)c1ccc(CC#N)cc1. The summed E-state index contributed by atoms with van der Waals surface area (Å²) >= 11 is 0. The third-order valence-electron chi connectivity index (χ3n) is 3.05. The predicted octanol–water partition coefficient (Wildman–Crippen LogP) is 1.44. The summed E-state index contributed by atoms with van der Waals surface area (Å²) in [5, 5.41) is 17.5. The van der Waals surface area contributed by atoms with Gasteiger partial charge >= 0.3 is 0 Å². The summed E-state index contributed by atoms with van der Waals surface area (Å²) in [6.07, 6.45) is 0.786. The Morgan fingerprint density at radius 3 is 2.40 bits per heavy atom. The molecule has 0 heterocycles. The minimum absolute atomic E-state index is 0.0254. The molecule has 0 atom stereocenters. The van der Waals surface area contributed by atoms with E-state index in [1.54, 1.807) is 12.1 Å². The van der Waals surface area contributed by atoms with Gasteiger partial charge in [-0.1, -0.05) is 26.0 Å². The Morgan fingerprint density at radius 1 is 1.30 bits per heavy atom. The predicted molar refractivity (Wildman–Crippen MR) is 76.4 cm³/mol. The molecule has 2 N–H and O–H groups in total. The number of aliphatic hydroxyl groups is 1. The average molecular weight is 296 g/mol. The highest BCUT2D eigenvalue weighted by molar-refractivity contribution is 7.89. The van der Waals surface area contributed by atoms with E-state index in [0.717, 1.165) is 5.56 Å². The second-order valence-corrected chi connectivity index (χ2v) is 7.21. The molecule has 20 heavy (non-hydrogen) atoms. The highest BCUT2D eigenvalue weighted by atomic mass is 32.2. The molecule has 1 aromatic rings. The van der Waals surface area contributed by atoms with E-state index in [-0.39, 0.29) is 29.9 Å². The number of nitrogens with zero attached hydrogens (tertiary/aromatic N) is 1. The maximum absolute atomic E-state index is 12.1. The molecule has 1 aromatic carbocycles. The van der Waals surface area contributed by atoms with Gasteiger partial charge in [-0.3, -0.25) is 0 Å². The molecule has 5 nitrogen and oxygen atoms in total. The molecule has 6 heteroatoms. The van der Waals surface area contributed by atoms with Crippen molar-refractivity contribution in [2.75, 3.05) is 13.2 Å². The maximum Gasteiger partial charge on any atom is 0.240 e. The van der Waals surface area contributed by atoms with E-state index in [0.29, 0.717) is 6.42 Å². The van der Waals surface area contributed by atoms with Gasteiger partial charge in [0, 0.05) is 13.2 Å². The Hall–Kier alpha value is -1.42. The van der Waals surface area contributed by atoms with Crippen molar-refractivity contribution in [3.8, 4) is 6.07 Å². The maximum atomic E-state index is 12.1. The van der Waals surface area contributed by atoms with Crippen molar-refractivity contribution >= 4 is 10.0 Å². The fourth-order valence-corrected chi connectivity index (χ4v) is 2.88. The van der Waals surface area contributed by atoms with Crippen LogP contribution in [-0.2, 0) is 16.4 Å². The number of rotatable bonds is 7. The second kappa shape index (κ2) is 6.84. The Kier molecular flexibility index (Phi) is 5.69. The molecule has 0 spiro atoms. The summed E-state index contributed by atoms with van der Waals surface area (Å²) in [7, 11) is -3.56. The monoisotopic (exact) mass is 296 g/mol. The summed E-state index contributed by atoms with van der Waals surface area (Å²) in [6, 6.07) is 8.27. The van der Waals surface area contributed by atoms with E-state index in [2.05, 4.69) is 4.72 Å². The summed E-state index contributed by atoms with van der Waals surface area (Å²) in [5.41, 5.74) is 0.481. The highest BCUT2D eigenvalue weighted by Crippen LogP contribution is 2.19. The van der Waals surface area contributed by atoms with Crippen molar-refractivity contribution in [1.29, 1.82) is 5.26 Å². The number of nitrogens with one attached hydrogen (secondary N) is 1. The molecule has 110 valence electrons. The fourth-order valence-electron chi connectivity index (χ4n) is 1.64. The van der Waals surface area contributed by atoms with Gasteiger partial charge in [-0.05, 0) is 29.5 Å². The first-order valence-electron chi connectivity index (χ1n) is 6.37. The van der Waals surface area contributed by atoms with Gasteiger partial charge in [0.15, 0.2) is 0 Å². The zero-order valence-corrected chi connectivity index (χ0v) is 12.6. The van der Waals surface area contributed by atoms with Gasteiger partial charge < -0.3 is 5.11 Å². The minimum Gasteiger partial charge on any atom is -0.396 e. The van der Waals surface area contributed by atoms with E-state index >= 15 is 0 Å². The van der Waals surface area contributed by atoms with Gasteiger partial charge in [-0.15, -0.1) is 0 Å². The van der Waals surface area contributed by atoms with Crippen LogP contribution >= 0.6 is 0 Å². The highest BCUT2D eigenvalue weighted by Gasteiger charge is 2.21. The molecule has 0 radical (unpaired) electrons. The topological polar surface area (TPSA) is 90.2 Å². The van der Waals surface area contributed by atoms with Crippen LogP contribution in [0, 0.1) is 16.7 Å². The number of aliphatic hydroxyl groups excluding tert-OH is 1. The van der Waals surface area contributed by atoms with Gasteiger partial charge in [0.1, 0.15) is 0 Å². The lowest BCUT2D eigenvalue weighted by molar-refractivity contribution is 0.213. The summed E-state index contributed by atoms with van der Waals surface area (Å²) < 4.78 is 26.8. The molecular formula is C14H20N2O3S. The first kappa shape index (κ1) is 16.6. The zero-order chi connectivity index (χ0) is 15.2. The van der Waals surface area contributed by atoms with E-state index in [1.165, 1.54) is 12.1 Å². The molecule has 1 rings (SSSR count). The van der Waals surface area contributed by atoms with Crippen molar-refractivity contribution in [3.63, 3.8) is 0 Å². The minimum atomic E-state index is -3.56. The van der Waals surface area contributed by atoms with Crippen LogP contribution in [0.2, 0.25) is 0 Å². The van der Waals surface area contributed by atoms with Crippen LogP contribution in [0.25, 0.3) is 0 Å². The quantitative estimate of drug-likeness (QED) is 0.796. The molecule has 0 amide bonds. The van der Waals surface area contributed by atoms with Crippen molar-refractivity contribution in [2.45, 2.75) is 31.6 Å². The Morgan fingerprint density at radius 2 is 1.90 bits per heavy atom. The van der Waals surface area contributed by atoms with E-state index in [1.807, 2.05) is 19.9 Å². The molecule has 0 saturated heterocycles. The third-order valence-corrected chi connectivity index (χ3v) is 4.46. The fraction of sp³-hybridized carbons (Fsp3) is 0.500. The van der Waals surface area contributed by atoms with E-state index < -0.39 is 10.0 Å². The molecule has 0 fully saturated rings. The lowest BCUT2D eigenvalue weighted by atomic mass is 9.90. The van der Waals surface area contributed by atoms with Gasteiger partial charge in [-0.2, -0.15) is 5.26 Å². The lowest BCUT2D eigenvalue weighted by Crippen LogP contribution is -2.34. The van der Waals surface area contributed by atoms with Gasteiger partial charge in [0.05, 0.1) is 17.4 Å². The van der Waals surface area contributed by atoms with Crippen molar-refractivity contribution in [1.82, 2.24) is 4.72 Å². The normalized spacial score (nSPS) is 12.1. The van der Waals surface area contributed by atoms with Crippen LogP contribution in [0.5, 0.6) is 0 Å². The van der Waals surface area contributed by atoms with Crippen LogP contribution in [0.1, 0.15) is 25.8 Å². The summed E-state index contributed by atoms with van der Waals surface area (Å²) in [4.78, 5) is 0.180. The standard InChI is InChI=1S/C14H20N2O3S/c1-14(2,8-10-17)11-16-20(18,19)13-5-3-12(4-6-13)7-9-15/h3-6,16-17H,7-8,10-11H2,1-2H3. The molecule has 0 aromatic heterocycles. The second-order valence-electron chi connectivity index (χ2n) is 5.44. The number of benzene rings is 1. The largest absolute Gasteiger partial charge is 0.396 e. The van der Waals surface area contributed by atoms with Crippen molar-refractivity contribution in [2.24, 2.45) is 5.41 Å². The molecule has 0 unspecified atom stereocenters. The third kappa shape index (κ3) is 4.93. The van der Waals surface area contributed by atoms with Gasteiger partial charge in [0.2, 0.25) is 10.0 Å². The first-order valence-corrected chi connectivity index (χ1v) is 7.85. The van der Waals surface area contributed by atoms with Crippen LogP contribution < -0.4 is 4.72 Å². The number of nitriles is 1. The molecular weight excluding hydrogens is 276 g/mol. The molecule has 0 bridgehead atoms. The van der Waals surface area contributed by atoms with Crippen molar-refractivity contribution < 1.29 is 13.5 Å². The Balaban J connectivity index is 2.76. The van der Waals surface area contributed by atoms with Crippen LogP contribution in [0.4, 0.5) is 0 Å². The Bertz CT molecular complexity index is 571. The summed E-state index contributed by atoms with van der Waals surface area (Å²) in [5.74, 6) is 0. The lowest BCUT2D eigenvalue weighted by Gasteiger charge is -2.23. The molecule has 0 aliphatic heterocycles. The van der Waals surface area contributed by atoms with Gasteiger partial charge in [0.25, 0.3) is 0 Å². The van der Waals surface area contributed by atoms with E-state index in [4.69, 9.17) is 10.4 Å². The Labute approximate surface area is 120 Å². The molecule has 0 aliphatic rings. The average Bonchev–Trinajstić information content (AvgIpc) is 2.38. The molecule has 0 saturated carbocycles.